The third-order valence-electron chi connectivity index (χ3n) is 2.93. The summed E-state index contributed by atoms with van der Waals surface area (Å²) in [6.45, 7) is 3.77. The Balaban J connectivity index is 2.06. The van der Waals surface area contributed by atoms with Gasteiger partial charge in [-0.15, -0.1) is 0 Å². The topological polar surface area (TPSA) is 41.1 Å². The van der Waals surface area contributed by atoms with E-state index in [4.69, 9.17) is 11.6 Å². The highest BCUT2D eigenvalue weighted by molar-refractivity contribution is 6.32. The molecule has 0 radical (unpaired) electrons. The molecule has 1 saturated heterocycles. The number of hydrogen-bond acceptors (Lipinski definition) is 4. The van der Waals surface area contributed by atoms with Gasteiger partial charge in [0, 0.05) is 26.2 Å². The molecule has 88 valence electrons. The zero-order chi connectivity index (χ0) is 11.7. The van der Waals surface area contributed by atoms with Crippen LogP contribution in [0.25, 0.3) is 11.0 Å². The third-order valence-corrected chi connectivity index (χ3v) is 3.18. The fraction of sp³-hybridized carbons (Fsp3) is 0.333. The van der Waals surface area contributed by atoms with Crippen LogP contribution >= 0.6 is 11.6 Å². The lowest BCUT2D eigenvalue weighted by Gasteiger charge is -2.28. The number of fused-ring (bicyclic) bond motifs is 1. The molecule has 1 aliphatic heterocycles. The first-order chi connectivity index (χ1) is 8.34. The Morgan fingerprint density at radius 3 is 2.41 bits per heavy atom. The van der Waals surface area contributed by atoms with Gasteiger partial charge in [-0.1, -0.05) is 23.7 Å². The standard InChI is InChI=1S/C12H13ClN4/c13-11-12(17-7-5-14-6-8-17)16-10-4-2-1-3-9(10)15-11/h1-4,14H,5-8H2. The van der Waals surface area contributed by atoms with E-state index in [9.17, 15) is 0 Å². The lowest BCUT2D eigenvalue weighted by Crippen LogP contribution is -2.44. The van der Waals surface area contributed by atoms with Gasteiger partial charge in [0.25, 0.3) is 0 Å². The van der Waals surface area contributed by atoms with Crippen LogP contribution in [0, 0.1) is 0 Å². The number of halogens is 1. The molecule has 17 heavy (non-hydrogen) atoms. The average Bonchev–Trinajstić information content (AvgIpc) is 2.39. The molecular formula is C12H13ClN4. The van der Waals surface area contributed by atoms with Crippen molar-refractivity contribution in [1.82, 2.24) is 15.3 Å². The van der Waals surface area contributed by atoms with E-state index < -0.39 is 0 Å². The average molecular weight is 249 g/mol. The lowest BCUT2D eigenvalue weighted by atomic mass is 10.3. The Hall–Kier alpha value is -1.39. The van der Waals surface area contributed by atoms with Crippen molar-refractivity contribution < 1.29 is 0 Å². The fourth-order valence-electron chi connectivity index (χ4n) is 2.05. The van der Waals surface area contributed by atoms with E-state index in [0.29, 0.717) is 5.15 Å². The molecule has 2 heterocycles. The maximum atomic E-state index is 6.20. The van der Waals surface area contributed by atoms with Gasteiger partial charge in [0.1, 0.15) is 0 Å². The van der Waals surface area contributed by atoms with Gasteiger partial charge in [0.15, 0.2) is 11.0 Å². The van der Waals surface area contributed by atoms with Crippen molar-refractivity contribution in [3.63, 3.8) is 0 Å². The van der Waals surface area contributed by atoms with Crippen LogP contribution in [-0.4, -0.2) is 36.1 Å². The molecule has 0 bridgehead atoms. The largest absolute Gasteiger partial charge is 0.351 e. The molecule has 0 unspecified atom stereocenters. The molecule has 2 aromatic rings. The van der Waals surface area contributed by atoms with Crippen molar-refractivity contribution in [1.29, 1.82) is 0 Å². The highest BCUT2D eigenvalue weighted by atomic mass is 35.5. The summed E-state index contributed by atoms with van der Waals surface area (Å²) in [6.07, 6.45) is 0. The van der Waals surface area contributed by atoms with E-state index >= 15 is 0 Å². The highest BCUT2D eigenvalue weighted by Gasteiger charge is 2.16. The molecule has 1 aromatic carbocycles. The van der Waals surface area contributed by atoms with Gasteiger partial charge in [0.05, 0.1) is 11.0 Å². The number of benzene rings is 1. The molecule has 3 rings (SSSR count). The molecule has 1 N–H and O–H groups in total. The quantitative estimate of drug-likeness (QED) is 0.834. The Morgan fingerprint density at radius 1 is 1.06 bits per heavy atom. The van der Waals surface area contributed by atoms with E-state index in [1.165, 1.54) is 0 Å². The van der Waals surface area contributed by atoms with Crippen LogP contribution in [-0.2, 0) is 0 Å². The van der Waals surface area contributed by atoms with Crippen LogP contribution in [0.1, 0.15) is 0 Å². The highest BCUT2D eigenvalue weighted by Crippen LogP contribution is 2.24. The molecule has 0 amide bonds. The van der Waals surface area contributed by atoms with E-state index in [2.05, 4.69) is 20.2 Å². The molecule has 0 spiro atoms. The molecular weight excluding hydrogens is 236 g/mol. The Bertz CT molecular complexity index is 537. The fourth-order valence-corrected chi connectivity index (χ4v) is 2.30. The summed E-state index contributed by atoms with van der Waals surface area (Å²) in [4.78, 5) is 11.2. The Morgan fingerprint density at radius 2 is 1.71 bits per heavy atom. The van der Waals surface area contributed by atoms with Crippen LogP contribution in [0.15, 0.2) is 24.3 Å². The monoisotopic (exact) mass is 248 g/mol. The van der Waals surface area contributed by atoms with Crippen LogP contribution < -0.4 is 10.2 Å². The second-order valence-corrected chi connectivity index (χ2v) is 4.42. The molecule has 0 aliphatic carbocycles. The maximum absolute atomic E-state index is 6.20. The van der Waals surface area contributed by atoms with Crippen molar-refractivity contribution in [2.75, 3.05) is 31.1 Å². The molecule has 4 nitrogen and oxygen atoms in total. The van der Waals surface area contributed by atoms with Crippen LogP contribution in [0.4, 0.5) is 5.82 Å². The number of anilines is 1. The van der Waals surface area contributed by atoms with Gasteiger partial charge in [-0.3, -0.25) is 0 Å². The van der Waals surface area contributed by atoms with Crippen molar-refractivity contribution in [3.8, 4) is 0 Å². The Labute approximate surface area is 105 Å². The second-order valence-electron chi connectivity index (χ2n) is 4.06. The number of piperazine rings is 1. The van der Waals surface area contributed by atoms with Crippen LogP contribution in [0.5, 0.6) is 0 Å². The first-order valence-corrected chi connectivity index (χ1v) is 6.10. The smallest absolute Gasteiger partial charge is 0.172 e. The van der Waals surface area contributed by atoms with Crippen molar-refractivity contribution in [2.45, 2.75) is 0 Å². The van der Waals surface area contributed by atoms with Gasteiger partial charge >= 0.3 is 0 Å². The van der Waals surface area contributed by atoms with E-state index in [1.807, 2.05) is 24.3 Å². The zero-order valence-electron chi connectivity index (χ0n) is 9.36. The summed E-state index contributed by atoms with van der Waals surface area (Å²) in [5, 5.41) is 3.80. The summed E-state index contributed by atoms with van der Waals surface area (Å²) >= 11 is 6.20. The van der Waals surface area contributed by atoms with Gasteiger partial charge in [0.2, 0.25) is 0 Å². The summed E-state index contributed by atoms with van der Waals surface area (Å²) in [5.74, 6) is 0.798. The van der Waals surface area contributed by atoms with Gasteiger partial charge in [-0.25, -0.2) is 9.97 Å². The van der Waals surface area contributed by atoms with Gasteiger partial charge in [-0.2, -0.15) is 0 Å². The predicted octanol–water partition coefficient (Wildman–Crippen LogP) is 1.69. The first-order valence-electron chi connectivity index (χ1n) is 5.72. The zero-order valence-corrected chi connectivity index (χ0v) is 10.1. The summed E-state index contributed by atoms with van der Waals surface area (Å²) in [5.41, 5.74) is 1.74. The molecule has 1 aromatic heterocycles. The van der Waals surface area contributed by atoms with Gasteiger partial charge < -0.3 is 10.2 Å². The SMILES string of the molecule is Clc1nc2ccccc2nc1N1CCNCC1. The van der Waals surface area contributed by atoms with Crippen LogP contribution in [0.3, 0.4) is 0 Å². The molecule has 1 fully saturated rings. The molecule has 5 heteroatoms. The minimum absolute atomic E-state index is 0.491. The number of rotatable bonds is 1. The van der Waals surface area contributed by atoms with Crippen molar-refractivity contribution >= 4 is 28.5 Å². The first kappa shape index (κ1) is 10.7. The number of aromatic nitrogens is 2. The lowest BCUT2D eigenvalue weighted by molar-refractivity contribution is 0.585. The van der Waals surface area contributed by atoms with Gasteiger partial charge in [-0.05, 0) is 12.1 Å². The number of nitrogens with one attached hydrogen (secondary N) is 1. The number of hydrogen-bond donors (Lipinski definition) is 1. The Kier molecular flexibility index (Phi) is 2.82. The minimum Gasteiger partial charge on any atom is -0.351 e. The molecule has 1 aliphatic rings. The summed E-state index contributed by atoms with van der Waals surface area (Å²) in [7, 11) is 0. The normalized spacial score (nSPS) is 16.4. The van der Waals surface area contributed by atoms with Crippen molar-refractivity contribution in [2.24, 2.45) is 0 Å². The second kappa shape index (κ2) is 4.47. The number of nitrogens with zero attached hydrogens (tertiary/aromatic N) is 3. The minimum atomic E-state index is 0.491. The molecule has 0 atom stereocenters. The maximum Gasteiger partial charge on any atom is 0.172 e. The third kappa shape index (κ3) is 2.06. The number of para-hydroxylation sites is 2. The summed E-state index contributed by atoms with van der Waals surface area (Å²) < 4.78 is 0. The van der Waals surface area contributed by atoms with Crippen LogP contribution in [0.2, 0.25) is 5.15 Å². The van der Waals surface area contributed by atoms with E-state index in [-0.39, 0.29) is 0 Å². The van der Waals surface area contributed by atoms with E-state index in [0.717, 1.165) is 43.0 Å². The molecule has 0 saturated carbocycles. The van der Waals surface area contributed by atoms with Crippen molar-refractivity contribution in [3.05, 3.63) is 29.4 Å². The van der Waals surface area contributed by atoms with E-state index in [1.54, 1.807) is 0 Å². The summed E-state index contributed by atoms with van der Waals surface area (Å²) in [6, 6.07) is 7.80. The predicted molar refractivity (Wildman–Crippen MR) is 69.6 cm³/mol.